The lowest BCUT2D eigenvalue weighted by Gasteiger charge is -2.19. The van der Waals surface area contributed by atoms with Crippen molar-refractivity contribution in [3.05, 3.63) is 58.6 Å². The molecule has 1 aromatic carbocycles. The van der Waals surface area contributed by atoms with Gasteiger partial charge in [-0.3, -0.25) is 4.79 Å². The van der Waals surface area contributed by atoms with Gasteiger partial charge in [0.05, 0.1) is 12.7 Å². The Labute approximate surface area is 166 Å². The Kier molecular flexibility index (Phi) is 5.72. The van der Waals surface area contributed by atoms with Gasteiger partial charge in [-0.15, -0.1) is 0 Å². The zero-order valence-corrected chi connectivity index (χ0v) is 16.8. The van der Waals surface area contributed by atoms with Crippen molar-refractivity contribution in [3.63, 3.8) is 0 Å². The fraction of sp³-hybridized carbons (Fsp3) is 0.316. The van der Waals surface area contributed by atoms with Gasteiger partial charge in [0, 0.05) is 29.1 Å². The third-order valence-corrected chi connectivity index (χ3v) is 5.41. The van der Waals surface area contributed by atoms with Crippen LogP contribution in [-0.4, -0.2) is 39.4 Å². The molecule has 8 heteroatoms. The number of carbonyl (C=O) groups excluding carboxylic acids is 1. The Morgan fingerprint density at radius 1 is 1.41 bits per heavy atom. The van der Waals surface area contributed by atoms with Gasteiger partial charge >= 0.3 is 0 Å². The van der Waals surface area contributed by atoms with Crippen molar-refractivity contribution in [3.8, 4) is 5.75 Å². The van der Waals surface area contributed by atoms with Crippen LogP contribution in [0.4, 0.5) is 4.39 Å². The molecule has 0 bridgehead atoms. The molecule has 27 heavy (non-hydrogen) atoms. The molecule has 1 amide bonds. The summed E-state index contributed by atoms with van der Waals surface area (Å²) in [4.78, 5) is 22.8. The standard InChI is InChI=1S/C19H19ClFN3O2S/c1-19(2)11-24(10-12-4-7-16(21)22-9-12)18(27-19)23-17(25)14-8-13(20)5-6-15(14)26-3/h4-9H,10-11H2,1-3H3/b23-18-. The van der Waals surface area contributed by atoms with Crippen LogP contribution in [0.5, 0.6) is 5.75 Å². The molecule has 5 nitrogen and oxygen atoms in total. The topological polar surface area (TPSA) is 54.8 Å². The van der Waals surface area contributed by atoms with E-state index in [-0.39, 0.29) is 4.75 Å². The molecule has 1 aliphatic rings. The monoisotopic (exact) mass is 407 g/mol. The number of aromatic nitrogens is 1. The molecule has 0 unspecified atom stereocenters. The molecule has 0 aliphatic carbocycles. The number of methoxy groups -OCH3 is 1. The van der Waals surface area contributed by atoms with Gasteiger partial charge in [-0.25, -0.2) is 4.98 Å². The Bertz CT molecular complexity index is 887. The quantitative estimate of drug-likeness (QED) is 0.703. The van der Waals surface area contributed by atoms with Crippen LogP contribution < -0.4 is 4.74 Å². The fourth-order valence-electron chi connectivity index (χ4n) is 2.80. The van der Waals surface area contributed by atoms with Crippen molar-refractivity contribution < 1.29 is 13.9 Å². The minimum absolute atomic E-state index is 0.106. The summed E-state index contributed by atoms with van der Waals surface area (Å²) < 4.78 is 18.2. The molecule has 3 rings (SSSR count). The van der Waals surface area contributed by atoms with Crippen molar-refractivity contribution in [2.45, 2.75) is 25.1 Å². The second-order valence-electron chi connectivity index (χ2n) is 6.75. The van der Waals surface area contributed by atoms with E-state index in [9.17, 15) is 9.18 Å². The molecular formula is C19H19ClFN3O2S. The summed E-state index contributed by atoms with van der Waals surface area (Å²) in [6, 6.07) is 7.85. The van der Waals surface area contributed by atoms with Crippen molar-refractivity contribution in [1.82, 2.24) is 9.88 Å². The highest BCUT2D eigenvalue weighted by atomic mass is 35.5. The van der Waals surface area contributed by atoms with E-state index in [0.29, 0.717) is 34.6 Å². The first-order chi connectivity index (χ1) is 12.8. The largest absolute Gasteiger partial charge is 0.496 e. The lowest BCUT2D eigenvalue weighted by Crippen LogP contribution is -2.28. The highest BCUT2D eigenvalue weighted by Gasteiger charge is 2.36. The van der Waals surface area contributed by atoms with E-state index < -0.39 is 11.9 Å². The number of thioether (sulfide) groups is 1. The molecule has 2 aromatic rings. The molecule has 0 atom stereocenters. The predicted molar refractivity (Wildman–Crippen MR) is 106 cm³/mol. The first-order valence-corrected chi connectivity index (χ1v) is 9.48. The summed E-state index contributed by atoms with van der Waals surface area (Å²) >= 11 is 7.54. The number of amidine groups is 1. The van der Waals surface area contributed by atoms with Crippen molar-refractivity contribution in [2.24, 2.45) is 4.99 Å². The maximum Gasteiger partial charge on any atom is 0.283 e. The van der Waals surface area contributed by atoms with Gasteiger partial charge in [0.15, 0.2) is 5.17 Å². The van der Waals surface area contributed by atoms with E-state index in [0.717, 1.165) is 5.56 Å². The number of ether oxygens (including phenoxy) is 1. The minimum atomic E-state index is -0.521. The van der Waals surface area contributed by atoms with Crippen LogP contribution in [0.25, 0.3) is 0 Å². The second kappa shape index (κ2) is 7.86. The number of nitrogens with zero attached hydrogens (tertiary/aromatic N) is 3. The van der Waals surface area contributed by atoms with Gasteiger partial charge in [0.2, 0.25) is 5.95 Å². The first-order valence-electron chi connectivity index (χ1n) is 8.28. The van der Waals surface area contributed by atoms with Crippen molar-refractivity contribution >= 4 is 34.4 Å². The predicted octanol–water partition coefficient (Wildman–Crippen LogP) is 4.41. The molecule has 0 saturated carbocycles. The van der Waals surface area contributed by atoms with Gasteiger partial charge < -0.3 is 9.64 Å². The van der Waals surface area contributed by atoms with E-state index in [2.05, 4.69) is 23.8 Å². The maximum absolute atomic E-state index is 13.0. The number of benzene rings is 1. The highest BCUT2D eigenvalue weighted by Crippen LogP contribution is 2.37. The molecule has 1 fully saturated rings. The number of amides is 1. The SMILES string of the molecule is COc1ccc(Cl)cc1C(=O)/N=C1\SC(C)(C)CN1Cc1ccc(F)nc1. The maximum atomic E-state index is 13.0. The Balaban J connectivity index is 1.88. The minimum Gasteiger partial charge on any atom is -0.496 e. The Morgan fingerprint density at radius 2 is 2.19 bits per heavy atom. The van der Waals surface area contributed by atoms with Crippen LogP contribution in [0.3, 0.4) is 0 Å². The van der Waals surface area contributed by atoms with Crippen molar-refractivity contribution in [1.29, 1.82) is 0 Å². The first kappa shape index (κ1) is 19.6. The zero-order chi connectivity index (χ0) is 19.6. The summed E-state index contributed by atoms with van der Waals surface area (Å²) in [5, 5.41) is 1.05. The van der Waals surface area contributed by atoms with Gasteiger partial charge in [0.1, 0.15) is 5.75 Å². The van der Waals surface area contributed by atoms with E-state index in [4.69, 9.17) is 16.3 Å². The number of rotatable bonds is 4. The van der Waals surface area contributed by atoms with E-state index in [1.54, 1.807) is 24.3 Å². The number of hydrogen-bond donors (Lipinski definition) is 0. The average molecular weight is 408 g/mol. The van der Waals surface area contributed by atoms with Crippen LogP contribution in [-0.2, 0) is 6.54 Å². The highest BCUT2D eigenvalue weighted by molar-refractivity contribution is 8.15. The molecule has 0 spiro atoms. The molecular weight excluding hydrogens is 389 g/mol. The summed E-state index contributed by atoms with van der Waals surface area (Å²) in [6.45, 7) is 5.36. The Hall–Kier alpha value is -2.12. The second-order valence-corrected chi connectivity index (χ2v) is 8.86. The fourth-order valence-corrected chi connectivity index (χ4v) is 4.08. The smallest absolute Gasteiger partial charge is 0.283 e. The normalized spacial score (nSPS) is 17.4. The van der Waals surface area contributed by atoms with Crippen LogP contribution in [0.2, 0.25) is 5.02 Å². The van der Waals surface area contributed by atoms with E-state index in [1.807, 2.05) is 4.90 Å². The third kappa shape index (κ3) is 4.78. The number of hydrogen-bond acceptors (Lipinski definition) is 4. The molecule has 1 aliphatic heterocycles. The van der Waals surface area contributed by atoms with Crippen LogP contribution in [0.1, 0.15) is 29.8 Å². The molecule has 0 radical (unpaired) electrons. The lowest BCUT2D eigenvalue weighted by molar-refractivity contribution is 0.0998. The van der Waals surface area contributed by atoms with Gasteiger partial charge in [-0.2, -0.15) is 9.38 Å². The van der Waals surface area contributed by atoms with Crippen LogP contribution in [0.15, 0.2) is 41.5 Å². The number of carbonyl (C=O) groups is 1. The van der Waals surface area contributed by atoms with E-state index in [1.165, 1.54) is 31.1 Å². The lowest BCUT2D eigenvalue weighted by atomic mass is 10.2. The number of halogens is 2. The molecule has 142 valence electrons. The average Bonchev–Trinajstić information content (AvgIpc) is 2.90. The summed E-state index contributed by atoms with van der Waals surface area (Å²) in [7, 11) is 1.49. The van der Waals surface area contributed by atoms with Gasteiger partial charge in [-0.1, -0.05) is 29.4 Å². The van der Waals surface area contributed by atoms with Crippen LogP contribution >= 0.6 is 23.4 Å². The van der Waals surface area contributed by atoms with Gasteiger partial charge in [-0.05, 0) is 43.7 Å². The number of pyridine rings is 1. The molecule has 1 saturated heterocycles. The molecule has 1 aromatic heterocycles. The zero-order valence-electron chi connectivity index (χ0n) is 15.2. The number of aliphatic imine (C=N–C) groups is 1. The van der Waals surface area contributed by atoms with Crippen LogP contribution in [0, 0.1) is 5.95 Å². The summed E-state index contributed by atoms with van der Waals surface area (Å²) in [5.41, 5.74) is 1.15. The van der Waals surface area contributed by atoms with Gasteiger partial charge in [0.25, 0.3) is 5.91 Å². The molecule has 0 N–H and O–H groups in total. The third-order valence-electron chi connectivity index (χ3n) is 3.96. The Morgan fingerprint density at radius 3 is 2.85 bits per heavy atom. The summed E-state index contributed by atoms with van der Waals surface area (Å²) in [5.74, 6) is -0.519. The molecule has 2 heterocycles. The van der Waals surface area contributed by atoms with E-state index >= 15 is 0 Å². The van der Waals surface area contributed by atoms with Crippen molar-refractivity contribution in [2.75, 3.05) is 13.7 Å². The summed E-state index contributed by atoms with van der Waals surface area (Å²) in [6.07, 6.45) is 1.49.